The SMILES string of the molecule is CC(N=O)c1cccc(-n2cnc3c(sc4nccc(N(C)C)c43)c2=O)c1. The van der Waals surface area contributed by atoms with Crippen LogP contribution in [0.25, 0.3) is 26.1 Å². The first-order chi connectivity index (χ1) is 13.0. The second-order valence-electron chi connectivity index (χ2n) is 6.48. The van der Waals surface area contributed by atoms with Crippen molar-refractivity contribution in [2.24, 2.45) is 5.18 Å². The van der Waals surface area contributed by atoms with E-state index >= 15 is 0 Å². The summed E-state index contributed by atoms with van der Waals surface area (Å²) in [5, 5.41) is 3.95. The van der Waals surface area contributed by atoms with E-state index in [0.29, 0.717) is 15.9 Å². The Balaban J connectivity index is 1.96. The average Bonchev–Trinajstić information content (AvgIpc) is 3.07. The van der Waals surface area contributed by atoms with Crippen molar-refractivity contribution in [1.82, 2.24) is 14.5 Å². The number of hydrogen-bond acceptors (Lipinski definition) is 7. The van der Waals surface area contributed by atoms with Crippen LogP contribution in [0.4, 0.5) is 5.69 Å². The highest BCUT2D eigenvalue weighted by molar-refractivity contribution is 7.25. The highest BCUT2D eigenvalue weighted by atomic mass is 32.1. The third-order valence-electron chi connectivity index (χ3n) is 4.53. The normalized spacial score (nSPS) is 12.4. The predicted molar refractivity (Wildman–Crippen MR) is 109 cm³/mol. The Bertz CT molecular complexity index is 1230. The van der Waals surface area contributed by atoms with Crippen LogP contribution < -0.4 is 10.5 Å². The van der Waals surface area contributed by atoms with Gasteiger partial charge in [-0.3, -0.25) is 9.36 Å². The lowest BCUT2D eigenvalue weighted by atomic mass is 10.1. The molecule has 0 aliphatic rings. The van der Waals surface area contributed by atoms with Crippen molar-refractivity contribution in [1.29, 1.82) is 0 Å². The summed E-state index contributed by atoms with van der Waals surface area (Å²) in [7, 11) is 3.90. The van der Waals surface area contributed by atoms with Gasteiger partial charge in [0.25, 0.3) is 5.56 Å². The highest BCUT2D eigenvalue weighted by Gasteiger charge is 2.17. The van der Waals surface area contributed by atoms with Gasteiger partial charge in [-0.1, -0.05) is 17.3 Å². The fourth-order valence-corrected chi connectivity index (χ4v) is 4.14. The average molecular weight is 379 g/mol. The molecule has 7 nitrogen and oxygen atoms in total. The van der Waals surface area contributed by atoms with Gasteiger partial charge in [0, 0.05) is 20.3 Å². The molecule has 0 aliphatic heterocycles. The predicted octanol–water partition coefficient (Wildman–Crippen LogP) is 3.89. The Labute approximate surface area is 158 Å². The Kier molecular flexibility index (Phi) is 4.19. The van der Waals surface area contributed by atoms with Crippen molar-refractivity contribution >= 4 is 37.5 Å². The van der Waals surface area contributed by atoms with Gasteiger partial charge in [0.15, 0.2) is 0 Å². The lowest BCUT2D eigenvalue weighted by Crippen LogP contribution is -2.18. The van der Waals surface area contributed by atoms with Gasteiger partial charge in [0.1, 0.15) is 21.9 Å². The molecule has 1 aromatic carbocycles. The highest BCUT2D eigenvalue weighted by Crippen LogP contribution is 2.35. The fraction of sp³-hybridized carbons (Fsp3) is 0.211. The molecule has 1 unspecified atom stereocenters. The van der Waals surface area contributed by atoms with Crippen LogP contribution in [-0.2, 0) is 0 Å². The molecular formula is C19H17N5O2S. The van der Waals surface area contributed by atoms with Gasteiger partial charge in [-0.2, -0.15) is 4.91 Å². The molecule has 0 fully saturated rings. The third kappa shape index (κ3) is 2.78. The standard InChI is InChI=1S/C19H17N5O2S/c1-11(22-26)12-5-4-6-13(9-12)24-10-21-16-15-14(23(2)3)7-8-20-18(15)27-17(16)19(24)25/h4-11H,1-3H3. The zero-order valence-corrected chi connectivity index (χ0v) is 15.9. The van der Waals surface area contributed by atoms with E-state index in [1.807, 2.05) is 37.2 Å². The molecule has 4 aromatic rings. The minimum atomic E-state index is -0.478. The first kappa shape index (κ1) is 17.3. The van der Waals surface area contributed by atoms with Crippen molar-refractivity contribution in [3.63, 3.8) is 0 Å². The van der Waals surface area contributed by atoms with Crippen molar-refractivity contribution in [2.75, 3.05) is 19.0 Å². The van der Waals surface area contributed by atoms with Crippen molar-refractivity contribution < 1.29 is 0 Å². The van der Waals surface area contributed by atoms with E-state index in [9.17, 15) is 9.70 Å². The molecule has 0 saturated carbocycles. The maximum absolute atomic E-state index is 13.1. The minimum absolute atomic E-state index is 0.156. The van der Waals surface area contributed by atoms with Gasteiger partial charge >= 0.3 is 0 Å². The lowest BCUT2D eigenvalue weighted by Gasteiger charge is -2.13. The maximum Gasteiger partial charge on any atom is 0.275 e. The van der Waals surface area contributed by atoms with E-state index in [2.05, 4.69) is 15.1 Å². The fourth-order valence-electron chi connectivity index (χ4n) is 3.09. The molecule has 3 heterocycles. The van der Waals surface area contributed by atoms with Crippen LogP contribution in [0.1, 0.15) is 18.5 Å². The number of rotatable bonds is 4. The van der Waals surface area contributed by atoms with Gasteiger partial charge in [-0.05, 0) is 30.7 Å². The molecule has 0 radical (unpaired) electrons. The van der Waals surface area contributed by atoms with Crippen LogP contribution in [0.15, 0.2) is 52.8 Å². The van der Waals surface area contributed by atoms with Crippen molar-refractivity contribution in [2.45, 2.75) is 13.0 Å². The van der Waals surface area contributed by atoms with Crippen molar-refractivity contribution in [3.05, 3.63) is 63.7 Å². The van der Waals surface area contributed by atoms with Crippen LogP contribution in [-0.4, -0.2) is 28.6 Å². The molecule has 0 amide bonds. The molecule has 136 valence electrons. The number of thiophene rings is 1. The molecule has 0 saturated heterocycles. The summed E-state index contributed by atoms with van der Waals surface area (Å²) in [6, 6.07) is 8.66. The minimum Gasteiger partial charge on any atom is -0.377 e. The maximum atomic E-state index is 13.1. The zero-order chi connectivity index (χ0) is 19.1. The third-order valence-corrected chi connectivity index (χ3v) is 5.61. The number of benzene rings is 1. The van der Waals surface area contributed by atoms with Crippen LogP contribution in [0.3, 0.4) is 0 Å². The second kappa shape index (κ2) is 6.55. The molecule has 8 heteroatoms. The van der Waals surface area contributed by atoms with Gasteiger partial charge in [-0.15, -0.1) is 11.3 Å². The van der Waals surface area contributed by atoms with E-state index in [4.69, 9.17) is 0 Å². The first-order valence-corrected chi connectivity index (χ1v) is 9.22. The number of aromatic nitrogens is 3. The molecular weight excluding hydrogens is 362 g/mol. The summed E-state index contributed by atoms with van der Waals surface area (Å²) < 4.78 is 2.05. The summed E-state index contributed by atoms with van der Waals surface area (Å²) in [6.07, 6.45) is 3.27. The Morgan fingerprint density at radius 2 is 2.04 bits per heavy atom. The van der Waals surface area contributed by atoms with Crippen LogP contribution in [0.2, 0.25) is 0 Å². The van der Waals surface area contributed by atoms with Crippen LogP contribution >= 0.6 is 11.3 Å². The zero-order valence-electron chi connectivity index (χ0n) is 15.1. The molecule has 4 rings (SSSR count). The van der Waals surface area contributed by atoms with Gasteiger partial charge in [0.2, 0.25) is 0 Å². The molecule has 1 atom stereocenters. The summed E-state index contributed by atoms with van der Waals surface area (Å²) in [6.45, 7) is 1.72. The number of pyridine rings is 1. The molecule has 0 aliphatic carbocycles. The smallest absolute Gasteiger partial charge is 0.275 e. The second-order valence-corrected chi connectivity index (χ2v) is 7.48. The molecule has 3 aromatic heterocycles. The monoisotopic (exact) mass is 379 g/mol. The number of nitroso groups, excluding NO2 is 1. The van der Waals surface area contributed by atoms with Gasteiger partial charge in [0.05, 0.1) is 22.3 Å². The summed E-state index contributed by atoms with van der Waals surface area (Å²) >= 11 is 1.34. The van der Waals surface area contributed by atoms with E-state index < -0.39 is 6.04 Å². The largest absolute Gasteiger partial charge is 0.377 e. The van der Waals surface area contributed by atoms with E-state index in [1.54, 1.807) is 25.3 Å². The summed E-state index contributed by atoms with van der Waals surface area (Å²) in [5.74, 6) is 0. The molecule has 0 bridgehead atoms. The molecule has 27 heavy (non-hydrogen) atoms. The first-order valence-electron chi connectivity index (χ1n) is 8.40. The number of nitrogens with zero attached hydrogens (tertiary/aromatic N) is 5. The summed E-state index contributed by atoms with van der Waals surface area (Å²) in [5.41, 5.74) is 2.88. The van der Waals surface area contributed by atoms with Gasteiger partial charge < -0.3 is 4.90 Å². The van der Waals surface area contributed by atoms with E-state index in [0.717, 1.165) is 21.5 Å². The van der Waals surface area contributed by atoms with Crippen molar-refractivity contribution in [3.8, 4) is 5.69 Å². The van der Waals surface area contributed by atoms with Gasteiger partial charge in [-0.25, -0.2) is 9.97 Å². The lowest BCUT2D eigenvalue weighted by molar-refractivity contribution is 0.808. The Morgan fingerprint density at radius 3 is 2.78 bits per heavy atom. The van der Waals surface area contributed by atoms with E-state index in [1.165, 1.54) is 22.2 Å². The Hall–Kier alpha value is -3.13. The Morgan fingerprint density at radius 1 is 1.22 bits per heavy atom. The van der Waals surface area contributed by atoms with Crippen LogP contribution in [0.5, 0.6) is 0 Å². The summed E-state index contributed by atoms with van der Waals surface area (Å²) in [4.78, 5) is 35.7. The molecule has 0 spiro atoms. The number of fused-ring (bicyclic) bond motifs is 3. The topological polar surface area (TPSA) is 80.5 Å². The number of anilines is 1. The van der Waals surface area contributed by atoms with Crippen LogP contribution in [0, 0.1) is 4.91 Å². The molecule has 0 N–H and O–H groups in total. The number of hydrogen-bond donors (Lipinski definition) is 0. The quantitative estimate of drug-likeness (QED) is 0.503. The van der Waals surface area contributed by atoms with E-state index in [-0.39, 0.29) is 5.56 Å².